The summed E-state index contributed by atoms with van der Waals surface area (Å²) in [5, 5.41) is 2.53. The molecule has 0 aromatic heterocycles. The molecule has 5 nitrogen and oxygen atoms in total. The minimum absolute atomic E-state index is 0.0360. The fraction of sp³-hybridized carbons (Fsp3) is 0.0769. The Labute approximate surface area is 120 Å². The summed E-state index contributed by atoms with van der Waals surface area (Å²) in [7, 11) is -2.43. The van der Waals surface area contributed by atoms with Crippen LogP contribution in [0.4, 0.5) is 25.8 Å². The number of para-hydroxylation sites is 1. The van der Waals surface area contributed by atoms with Gasteiger partial charge in [0.15, 0.2) is 0 Å². The average molecular weight is 313 g/mol. The molecule has 0 unspecified atom stereocenters. The zero-order valence-electron chi connectivity index (χ0n) is 11.0. The first-order valence-corrected chi connectivity index (χ1v) is 7.37. The van der Waals surface area contributed by atoms with Crippen LogP contribution in [0.3, 0.4) is 0 Å². The summed E-state index contributed by atoms with van der Waals surface area (Å²) < 4.78 is 52.5. The van der Waals surface area contributed by atoms with Crippen LogP contribution in [0.5, 0.6) is 0 Å². The van der Waals surface area contributed by atoms with Crippen molar-refractivity contribution in [1.29, 1.82) is 0 Å². The predicted octanol–water partition coefficient (Wildman–Crippen LogP) is 2.20. The van der Waals surface area contributed by atoms with E-state index in [9.17, 15) is 17.2 Å². The van der Waals surface area contributed by atoms with E-state index in [1.165, 1.54) is 31.3 Å². The third-order valence-electron chi connectivity index (χ3n) is 2.80. The van der Waals surface area contributed by atoms with Crippen LogP contribution in [0.1, 0.15) is 0 Å². The van der Waals surface area contributed by atoms with E-state index < -0.39 is 21.7 Å². The normalized spacial score (nSPS) is 11.4. The maximum absolute atomic E-state index is 13.5. The Bertz CT molecular complexity index is 759. The van der Waals surface area contributed by atoms with Crippen molar-refractivity contribution in [3.8, 4) is 0 Å². The molecule has 21 heavy (non-hydrogen) atoms. The first-order chi connectivity index (χ1) is 9.85. The predicted molar refractivity (Wildman–Crippen MR) is 76.7 cm³/mol. The van der Waals surface area contributed by atoms with Gasteiger partial charge in [0.1, 0.15) is 22.2 Å². The highest BCUT2D eigenvalue weighted by atomic mass is 32.2. The van der Waals surface area contributed by atoms with Gasteiger partial charge >= 0.3 is 0 Å². The van der Waals surface area contributed by atoms with Crippen LogP contribution in [0, 0.1) is 11.6 Å². The second-order valence-electron chi connectivity index (χ2n) is 4.18. The number of anilines is 3. The van der Waals surface area contributed by atoms with Gasteiger partial charge in [-0.15, -0.1) is 0 Å². The molecule has 0 fully saturated rings. The first-order valence-electron chi connectivity index (χ1n) is 5.89. The number of hydrogen-bond donors (Lipinski definition) is 3. The zero-order valence-corrected chi connectivity index (χ0v) is 11.8. The molecule has 0 spiro atoms. The lowest BCUT2D eigenvalue weighted by molar-refractivity contribution is 0.588. The van der Waals surface area contributed by atoms with Crippen LogP contribution in [0.25, 0.3) is 0 Å². The SMILES string of the molecule is CNS(=O)(=O)c1ccc(Nc2c(F)cccc2F)cc1N. The second-order valence-corrected chi connectivity index (χ2v) is 6.04. The smallest absolute Gasteiger partial charge is 0.242 e. The molecule has 2 aromatic rings. The van der Waals surface area contributed by atoms with Crippen LogP contribution in [-0.2, 0) is 10.0 Å². The molecule has 2 aromatic carbocycles. The minimum atomic E-state index is -3.69. The standard InChI is InChI=1S/C13H13F2N3O2S/c1-17-21(19,20)12-6-5-8(7-11(12)16)18-13-9(14)3-2-4-10(13)15/h2-7,17-18H,16H2,1H3. The highest BCUT2D eigenvalue weighted by molar-refractivity contribution is 7.89. The Kier molecular flexibility index (Phi) is 4.10. The lowest BCUT2D eigenvalue weighted by atomic mass is 10.2. The number of nitrogens with two attached hydrogens (primary N) is 1. The molecular weight excluding hydrogens is 300 g/mol. The Morgan fingerprint density at radius 2 is 1.71 bits per heavy atom. The van der Waals surface area contributed by atoms with Crippen LogP contribution in [0.15, 0.2) is 41.3 Å². The summed E-state index contributed by atoms with van der Waals surface area (Å²) in [6.07, 6.45) is 0. The molecule has 2 rings (SSSR count). The molecule has 0 aliphatic heterocycles. The van der Waals surface area contributed by atoms with E-state index >= 15 is 0 Å². The number of nitrogen functional groups attached to an aromatic ring is 1. The molecule has 0 atom stereocenters. The van der Waals surface area contributed by atoms with E-state index in [1.54, 1.807) is 0 Å². The van der Waals surface area contributed by atoms with Crippen molar-refractivity contribution >= 4 is 27.1 Å². The fourth-order valence-corrected chi connectivity index (χ4v) is 2.58. The van der Waals surface area contributed by atoms with Crippen molar-refractivity contribution < 1.29 is 17.2 Å². The second kappa shape index (κ2) is 5.66. The monoisotopic (exact) mass is 313 g/mol. The largest absolute Gasteiger partial charge is 0.398 e. The van der Waals surface area contributed by atoms with Gasteiger partial charge in [0.2, 0.25) is 10.0 Å². The van der Waals surface area contributed by atoms with E-state index in [0.717, 1.165) is 12.1 Å². The van der Waals surface area contributed by atoms with Crippen LogP contribution in [0.2, 0.25) is 0 Å². The Hall–Kier alpha value is -2.19. The van der Waals surface area contributed by atoms with Gasteiger partial charge in [0.05, 0.1) is 5.69 Å². The highest BCUT2D eigenvalue weighted by Crippen LogP contribution is 2.27. The van der Waals surface area contributed by atoms with Gasteiger partial charge in [-0.2, -0.15) is 0 Å². The van der Waals surface area contributed by atoms with E-state index in [1.807, 2.05) is 0 Å². The molecule has 0 radical (unpaired) electrons. The van der Waals surface area contributed by atoms with Gasteiger partial charge in [-0.25, -0.2) is 21.9 Å². The van der Waals surface area contributed by atoms with Gasteiger partial charge in [-0.3, -0.25) is 0 Å². The van der Waals surface area contributed by atoms with Crippen molar-refractivity contribution in [3.05, 3.63) is 48.0 Å². The molecule has 0 aliphatic rings. The summed E-state index contributed by atoms with van der Waals surface area (Å²) >= 11 is 0. The Morgan fingerprint density at radius 1 is 1.10 bits per heavy atom. The van der Waals surface area contributed by atoms with Crippen molar-refractivity contribution in [2.45, 2.75) is 4.90 Å². The van der Waals surface area contributed by atoms with Crippen LogP contribution in [-0.4, -0.2) is 15.5 Å². The number of halogens is 2. The minimum Gasteiger partial charge on any atom is -0.398 e. The maximum atomic E-state index is 13.5. The molecule has 0 saturated carbocycles. The van der Waals surface area contributed by atoms with Crippen molar-refractivity contribution in [3.63, 3.8) is 0 Å². The van der Waals surface area contributed by atoms with Crippen molar-refractivity contribution in [1.82, 2.24) is 4.72 Å². The van der Waals surface area contributed by atoms with Gasteiger partial charge in [0.25, 0.3) is 0 Å². The molecule has 0 bridgehead atoms. The number of rotatable bonds is 4. The molecule has 112 valence electrons. The zero-order chi connectivity index (χ0) is 15.6. The number of benzene rings is 2. The summed E-state index contributed by atoms with van der Waals surface area (Å²) in [6.45, 7) is 0. The molecule has 0 heterocycles. The van der Waals surface area contributed by atoms with Gasteiger partial charge in [0, 0.05) is 5.69 Å². The third kappa shape index (κ3) is 3.11. The highest BCUT2D eigenvalue weighted by Gasteiger charge is 2.16. The van der Waals surface area contributed by atoms with Gasteiger partial charge in [-0.05, 0) is 37.4 Å². The van der Waals surface area contributed by atoms with E-state index in [2.05, 4.69) is 10.0 Å². The summed E-state index contributed by atoms with van der Waals surface area (Å²) in [5.41, 5.74) is 5.57. The molecule has 0 saturated heterocycles. The molecule has 8 heteroatoms. The van der Waals surface area contributed by atoms with Gasteiger partial charge < -0.3 is 11.1 Å². The first kappa shape index (κ1) is 15.2. The average Bonchev–Trinajstić information content (AvgIpc) is 2.43. The van der Waals surface area contributed by atoms with Crippen molar-refractivity contribution in [2.24, 2.45) is 0 Å². The number of sulfonamides is 1. The molecule has 0 aliphatic carbocycles. The van der Waals surface area contributed by atoms with E-state index in [4.69, 9.17) is 5.73 Å². The van der Waals surface area contributed by atoms with Crippen LogP contribution < -0.4 is 15.8 Å². The summed E-state index contributed by atoms with van der Waals surface area (Å²) in [5.74, 6) is -1.53. The fourth-order valence-electron chi connectivity index (χ4n) is 1.74. The number of hydrogen-bond acceptors (Lipinski definition) is 4. The third-order valence-corrected chi connectivity index (χ3v) is 4.29. The lowest BCUT2D eigenvalue weighted by Gasteiger charge is -2.11. The van der Waals surface area contributed by atoms with Crippen molar-refractivity contribution in [2.75, 3.05) is 18.1 Å². The topological polar surface area (TPSA) is 84.2 Å². The molecule has 4 N–H and O–H groups in total. The Morgan fingerprint density at radius 3 is 2.24 bits per heavy atom. The van der Waals surface area contributed by atoms with E-state index in [0.29, 0.717) is 0 Å². The van der Waals surface area contributed by atoms with Crippen LogP contribution >= 0.6 is 0 Å². The quantitative estimate of drug-likeness (QED) is 0.756. The lowest BCUT2D eigenvalue weighted by Crippen LogP contribution is -2.19. The number of nitrogens with one attached hydrogen (secondary N) is 2. The maximum Gasteiger partial charge on any atom is 0.242 e. The molecular formula is C13H13F2N3O2S. The van der Waals surface area contributed by atoms with Gasteiger partial charge in [-0.1, -0.05) is 6.07 Å². The summed E-state index contributed by atoms with van der Waals surface area (Å²) in [4.78, 5) is -0.107. The summed E-state index contributed by atoms with van der Waals surface area (Å²) in [6, 6.07) is 7.36. The Balaban J connectivity index is 2.38. The van der Waals surface area contributed by atoms with E-state index in [-0.39, 0.29) is 22.0 Å². The molecule has 0 amide bonds.